The van der Waals surface area contributed by atoms with Crippen molar-refractivity contribution in [2.75, 3.05) is 0 Å². The van der Waals surface area contributed by atoms with Crippen LogP contribution in [0.2, 0.25) is 10.0 Å². The van der Waals surface area contributed by atoms with Crippen LogP contribution >= 0.6 is 35.4 Å². The molecule has 9 heteroatoms. The van der Waals surface area contributed by atoms with Crippen LogP contribution in [0.1, 0.15) is 17.2 Å². The Bertz CT molecular complexity index is 1390. The molecule has 0 spiro atoms. The molecule has 1 aliphatic rings. The molecule has 0 unspecified atom stereocenters. The standard InChI is InChI=1S/C23H15Cl2F2N3OS/c24-17-7-3-1-5-14(17)20-23(31-20,16-10-9-13(26)11-19(16)27)12-30-22(32)28-21(29-30)15-6-2-4-8-18(15)25/h1-11,20H,12H2,(H,28,29,32)/t20-,23-/m1/s1. The van der Waals surface area contributed by atoms with Crippen molar-refractivity contribution >= 4 is 35.4 Å². The predicted octanol–water partition coefficient (Wildman–Crippen LogP) is 6.86. The van der Waals surface area contributed by atoms with Gasteiger partial charge in [-0.25, -0.2) is 8.78 Å². The Balaban J connectivity index is 1.59. The van der Waals surface area contributed by atoms with Gasteiger partial charge in [-0.15, -0.1) is 0 Å². The van der Waals surface area contributed by atoms with Crippen molar-refractivity contribution in [3.63, 3.8) is 0 Å². The number of aromatic nitrogens is 3. The summed E-state index contributed by atoms with van der Waals surface area (Å²) in [5, 5.41) is 4.14. The van der Waals surface area contributed by atoms with Gasteiger partial charge in [0.15, 0.2) is 5.82 Å². The Labute approximate surface area is 197 Å². The molecule has 3 aromatic carbocycles. The van der Waals surface area contributed by atoms with Gasteiger partial charge in [-0.1, -0.05) is 59.6 Å². The van der Waals surface area contributed by atoms with Gasteiger partial charge in [0.25, 0.3) is 0 Å². The van der Waals surface area contributed by atoms with Gasteiger partial charge >= 0.3 is 0 Å². The maximum absolute atomic E-state index is 14.9. The van der Waals surface area contributed by atoms with Crippen LogP contribution in [0.25, 0.3) is 11.4 Å². The molecule has 2 heterocycles. The number of nitrogens with zero attached hydrogens (tertiary/aromatic N) is 2. The van der Waals surface area contributed by atoms with Crippen molar-refractivity contribution in [2.24, 2.45) is 0 Å². The number of hydrogen-bond acceptors (Lipinski definition) is 3. The highest BCUT2D eigenvalue weighted by Gasteiger charge is 2.60. The minimum absolute atomic E-state index is 0.113. The molecule has 5 rings (SSSR count). The van der Waals surface area contributed by atoms with E-state index in [1.807, 2.05) is 30.3 Å². The summed E-state index contributed by atoms with van der Waals surface area (Å²) in [6.07, 6.45) is -0.551. The summed E-state index contributed by atoms with van der Waals surface area (Å²) < 4.78 is 36.4. The normalized spacial score (nSPS) is 19.8. The average Bonchev–Trinajstić information content (AvgIpc) is 3.36. The van der Waals surface area contributed by atoms with E-state index in [9.17, 15) is 8.78 Å². The van der Waals surface area contributed by atoms with Crippen molar-refractivity contribution < 1.29 is 13.5 Å². The summed E-state index contributed by atoms with van der Waals surface area (Å²) in [4.78, 5) is 4.40. The molecule has 1 aliphatic heterocycles. The summed E-state index contributed by atoms with van der Waals surface area (Å²) in [6, 6.07) is 17.8. The highest BCUT2D eigenvalue weighted by molar-refractivity contribution is 7.71. The maximum Gasteiger partial charge on any atom is 0.216 e. The van der Waals surface area contributed by atoms with Crippen LogP contribution in [0.15, 0.2) is 66.7 Å². The number of ether oxygens (including phenoxy) is 1. The van der Waals surface area contributed by atoms with E-state index < -0.39 is 23.3 Å². The molecule has 4 aromatic rings. The summed E-state index contributed by atoms with van der Waals surface area (Å²) >= 11 is 18.1. The zero-order valence-corrected chi connectivity index (χ0v) is 18.7. The number of aromatic amines is 1. The summed E-state index contributed by atoms with van der Waals surface area (Å²) in [5.41, 5.74) is 0.445. The van der Waals surface area contributed by atoms with Crippen LogP contribution in [-0.4, -0.2) is 14.8 Å². The quantitative estimate of drug-likeness (QED) is 0.246. The molecule has 0 bridgehead atoms. The van der Waals surface area contributed by atoms with Gasteiger partial charge < -0.3 is 4.74 Å². The second-order valence-electron chi connectivity index (χ2n) is 7.45. The smallest absolute Gasteiger partial charge is 0.216 e. The van der Waals surface area contributed by atoms with Crippen molar-refractivity contribution in [3.05, 3.63) is 104 Å². The molecule has 0 saturated carbocycles. The van der Waals surface area contributed by atoms with Crippen LogP contribution in [0.5, 0.6) is 0 Å². The Hall–Kier alpha value is -2.58. The Morgan fingerprint density at radius 1 is 1.03 bits per heavy atom. The minimum Gasteiger partial charge on any atom is -0.354 e. The SMILES string of the molecule is Fc1ccc([C@@]2(Cn3[nH]c(-c4ccccc4Cl)nc3=S)O[C@@H]2c2ccccc2Cl)c(F)c1. The number of halogens is 4. The fraction of sp³-hybridized carbons (Fsp3) is 0.130. The van der Waals surface area contributed by atoms with Crippen molar-refractivity contribution in [3.8, 4) is 11.4 Å². The van der Waals surface area contributed by atoms with Gasteiger partial charge in [-0.3, -0.25) is 9.78 Å². The molecule has 1 aromatic heterocycles. The predicted molar refractivity (Wildman–Crippen MR) is 121 cm³/mol. The Kier molecular flexibility index (Phi) is 5.37. The van der Waals surface area contributed by atoms with Crippen LogP contribution in [-0.2, 0) is 16.9 Å². The van der Waals surface area contributed by atoms with E-state index in [-0.39, 0.29) is 16.9 Å². The van der Waals surface area contributed by atoms with E-state index in [0.29, 0.717) is 27.0 Å². The van der Waals surface area contributed by atoms with Crippen LogP contribution < -0.4 is 0 Å². The second kappa shape index (κ2) is 8.08. The molecule has 32 heavy (non-hydrogen) atoms. The zero-order valence-electron chi connectivity index (χ0n) is 16.4. The molecule has 1 fully saturated rings. The van der Waals surface area contributed by atoms with E-state index in [0.717, 1.165) is 6.07 Å². The molecule has 162 valence electrons. The van der Waals surface area contributed by atoms with Gasteiger partial charge in [0, 0.05) is 27.8 Å². The largest absolute Gasteiger partial charge is 0.354 e. The van der Waals surface area contributed by atoms with Gasteiger partial charge in [0.1, 0.15) is 23.3 Å². The first kappa shape index (κ1) is 21.3. The molecule has 0 aliphatic carbocycles. The number of nitrogens with one attached hydrogen (secondary N) is 1. The van der Waals surface area contributed by atoms with Gasteiger partial charge in [-0.2, -0.15) is 4.98 Å². The molecule has 0 amide bonds. The van der Waals surface area contributed by atoms with Crippen LogP contribution in [0, 0.1) is 16.4 Å². The summed E-state index contributed by atoms with van der Waals surface area (Å²) in [6.45, 7) is 0.113. The highest BCUT2D eigenvalue weighted by atomic mass is 35.5. The number of epoxide rings is 1. The number of rotatable bonds is 5. The number of H-pyrrole nitrogens is 1. The first-order valence-electron chi connectivity index (χ1n) is 9.68. The lowest BCUT2D eigenvalue weighted by Gasteiger charge is -2.16. The number of hydrogen-bond donors (Lipinski definition) is 1. The van der Waals surface area contributed by atoms with Crippen LogP contribution in [0.4, 0.5) is 8.78 Å². The van der Waals surface area contributed by atoms with E-state index in [1.165, 1.54) is 12.1 Å². The van der Waals surface area contributed by atoms with E-state index in [1.54, 1.807) is 22.9 Å². The van der Waals surface area contributed by atoms with Crippen molar-refractivity contribution in [2.45, 2.75) is 18.2 Å². The van der Waals surface area contributed by atoms with Crippen molar-refractivity contribution in [1.29, 1.82) is 0 Å². The fourth-order valence-electron chi connectivity index (χ4n) is 3.89. The van der Waals surface area contributed by atoms with E-state index in [2.05, 4.69) is 10.1 Å². The Morgan fingerprint density at radius 3 is 2.47 bits per heavy atom. The van der Waals surface area contributed by atoms with E-state index in [4.69, 9.17) is 40.2 Å². The first-order chi connectivity index (χ1) is 15.4. The van der Waals surface area contributed by atoms with Gasteiger partial charge in [0.05, 0.1) is 11.6 Å². The molecule has 1 N–H and O–H groups in total. The summed E-state index contributed by atoms with van der Waals surface area (Å²) in [5.74, 6) is -0.905. The Morgan fingerprint density at radius 2 is 1.75 bits per heavy atom. The highest BCUT2D eigenvalue weighted by Crippen LogP contribution is 2.59. The first-order valence-corrected chi connectivity index (χ1v) is 10.8. The summed E-state index contributed by atoms with van der Waals surface area (Å²) in [7, 11) is 0. The zero-order chi connectivity index (χ0) is 22.5. The van der Waals surface area contributed by atoms with Gasteiger partial charge in [0.2, 0.25) is 4.77 Å². The molecule has 1 saturated heterocycles. The lowest BCUT2D eigenvalue weighted by atomic mass is 9.91. The monoisotopic (exact) mass is 489 g/mol. The third-order valence-corrected chi connectivity index (χ3v) is 6.46. The fourth-order valence-corrected chi connectivity index (χ4v) is 4.56. The molecular formula is C23H15Cl2F2N3OS. The third-order valence-electron chi connectivity index (χ3n) is 5.47. The lowest BCUT2D eigenvalue weighted by molar-refractivity contribution is 0.256. The third kappa shape index (κ3) is 3.65. The van der Waals surface area contributed by atoms with E-state index >= 15 is 0 Å². The molecule has 0 radical (unpaired) electrons. The molecule has 4 nitrogen and oxygen atoms in total. The minimum atomic E-state index is -1.15. The number of benzene rings is 3. The average molecular weight is 490 g/mol. The molecule has 2 atom stereocenters. The van der Waals surface area contributed by atoms with Crippen LogP contribution in [0.3, 0.4) is 0 Å². The van der Waals surface area contributed by atoms with Gasteiger partial charge in [-0.05, 0) is 36.5 Å². The lowest BCUT2D eigenvalue weighted by Crippen LogP contribution is -2.21. The second-order valence-corrected chi connectivity index (χ2v) is 8.63. The van der Waals surface area contributed by atoms with Crippen molar-refractivity contribution in [1.82, 2.24) is 14.8 Å². The molecular weight excluding hydrogens is 475 g/mol. The topological polar surface area (TPSA) is 46.1 Å². The maximum atomic E-state index is 14.9.